The quantitative estimate of drug-likeness (QED) is 0.899. The van der Waals surface area contributed by atoms with Crippen LogP contribution in [-0.2, 0) is 14.1 Å². The maximum absolute atomic E-state index is 12.1. The third-order valence-corrected chi connectivity index (χ3v) is 5.26. The summed E-state index contributed by atoms with van der Waals surface area (Å²) in [5, 5.41) is 13.0. The van der Waals surface area contributed by atoms with Gasteiger partial charge in [0.15, 0.2) is 5.56 Å². The molecule has 0 amide bonds. The Balaban J connectivity index is 2.43. The van der Waals surface area contributed by atoms with Crippen LogP contribution in [0.5, 0.6) is 0 Å². The van der Waals surface area contributed by atoms with Crippen molar-refractivity contribution in [2.24, 2.45) is 14.1 Å². The van der Waals surface area contributed by atoms with E-state index in [2.05, 4.69) is 12.2 Å². The Morgan fingerprint density at radius 1 is 1.33 bits per heavy atom. The van der Waals surface area contributed by atoms with E-state index in [0.717, 1.165) is 29.6 Å². The number of thioether (sulfide) groups is 1. The van der Waals surface area contributed by atoms with Crippen molar-refractivity contribution >= 4 is 17.6 Å². The zero-order valence-electron chi connectivity index (χ0n) is 12.5. The monoisotopic (exact) mass is 308 g/mol. The zero-order chi connectivity index (χ0) is 15.6. The fraction of sp³-hybridized carbons (Fsp3) is 0.643. The minimum atomic E-state index is -0.541. The third kappa shape index (κ3) is 2.86. The number of rotatable bonds is 4. The van der Waals surface area contributed by atoms with Crippen LogP contribution in [-0.4, -0.2) is 26.2 Å². The molecule has 7 heteroatoms. The first-order valence-corrected chi connectivity index (χ1v) is 8.14. The summed E-state index contributed by atoms with van der Waals surface area (Å²) in [5.74, 6) is 1.38. The molecule has 2 rings (SSSR count). The highest BCUT2D eigenvalue weighted by Crippen LogP contribution is 2.32. The molecular formula is C14H20N4O2S. The molecule has 0 radical (unpaired) electrons. The third-order valence-electron chi connectivity index (χ3n) is 3.93. The van der Waals surface area contributed by atoms with Crippen molar-refractivity contribution in [1.29, 1.82) is 5.26 Å². The molecule has 1 saturated carbocycles. The molecule has 2 unspecified atom stereocenters. The Kier molecular flexibility index (Phi) is 4.78. The number of nitrogens with one attached hydrogen (secondary N) is 1. The molecule has 0 saturated heterocycles. The van der Waals surface area contributed by atoms with Crippen LogP contribution in [0.15, 0.2) is 9.59 Å². The van der Waals surface area contributed by atoms with Crippen LogP contribution in [0.2, 0.25) is 0 Å². The SMILES string of the molecule is CCSC1CCCC1Nc1c(C#N)c(=O)n(C)c(=O)n1C. The van der Waals surface area contributed by atoms with E-state index in [4.69, 9.17) is 0 Å². The van der Waals surface area contributed by atoms with E-state index in [1.807, 2.05) is 17.8 Å². The first-order chi connectivity index (χ1) is 10.0. The van der Waals surface area contributed by atoms with E-state index in [1.165, 1.54) is 11.6 Å². The molecule has 0 spiro atoms. The molecule has 1 aromatic heterocycles. The van der Waals surface area contributed by atoms with Crippen molar-refractivity contribution in [3.05, 3.63) is 26.4 Å². The maximum Gasteiger partial charge on any atom is 0.332 e. The molecule has 0 aromatic carbocycles. The Bertz CT molecular complexity index is 686. The molecule has 1 aliphatic rings. The molecule has 21 heavy (non-hydrogen) atoms. The van der Waals surface area contributed by atoms with Gasteiger partial charge in [-0.15, -0.1) is 0 Å². The van der Waals surface area contributed by atoms with Gasteiger partial charge in [0.2, 0.25) is 0 Å². The van der Waals surface area contributed by atoms with Gasteiger partial charge in [0.25, 0.3) is 5.56 Å². The fourth-order valence-electron chi connectivity index (χ4n) is 2.79. The van der Waals surface area contributed by atoms with E-state index in [9.17, 15) is 14.9 Å². The van der Waals surface area contributed by atoms with Crippen molar-refractivity contribution in [2.75, 3.05) is 11.1 Å². The van der Waals surface area contributed by atoms with Crippen molar-refractivity contribution in [3.8, 4) is 6.07 Å². The highest BCUT2D eigenvalue weighted by Gasteiger charge is 2.29. The molecule has 1 aromatic rings. The standard InChI is InChI=1S/C14H20N4O2S/c1-4-21-11-7-5-6-10(11)16-12-9(8-15)13(19)18(3)14(20)17(12)2/h10-11,16H,4-7H2,1-3H3. The summed E-state index contributed by atoms with van der Waals surface area (Å²) in [6.07, 6.45) is 3.23. The number of aromatic nitrogens is 2. The van der Waals surface area contributed by atoms with Crippen LogP contribution in [0.1, 0.15) is 31.7 Å². The molecule has 2 atom stereocenters. The molecule has 1 fully saturated rings. The van der Waals surface area contributed by atoms with E-state index < -0.39 is 11.2 Å². The Labute approximate surface area is 127 Å². The summed E-state index contributed by atoms with van der Waals surface area (Å²) in [4.78, 5) is 24.1. The summed E-state index contributed by atoms with van der Waals surface area (Å²) in [5.41, 5.74) is -0.952. The number of anilines is 1. The molecule has 0 bridgehead atoms. The largest absolute Gasteiger partial charge is 0.366 e. The predicted octanol–water partition coefficient (Wildman–Crippen LogP) is 1.04. The fourth-order valence-corrected chi connectivity index (χ4v) is 3.99. The van der Waals surface area contributed by atoms with Crippen LogP contribution in [0.3, 0.4) is 0 Å². The number of hydrogen-bond acceptors (Lipinski definition) is 5. The zero-order valence-corrected chi connectivity index (χ0v) is 13.4. The lowest BCUT2D eigenvalue weighted by atomic mass is 10.2. The van der Waals surface area contributed by atoms with E-state index in [1.54, 1.807) is 7.05 Å². The summed E-state index contributed by atoms with van der Waals surface area (Å²) in [6, 6.07) is 2.13. The summed E-state index contributed by atoms with van der Waals surface area (Å²) in [6.45, 7) is 2.12. The number of hydrogen-bond donors (Lipinski definition) is 1. The normalized spacial score (nSPS) is 21.2. The van der Waals surface area contributed by atoms with Gasteiger partial charge in [0.05, 0.1) is 0 Å². The smallest absolute Gasteiger partial charge is 0.332 e. The van der Waals surface area contributed by atoms with Crippen molar-refractivity contribution in [3.63, 3.8) is 0 Å². The van der Waals surface area contributed by atoms with Crippen molar-refractivity contribution < 1.29 is 0 Å². The summed E-state index contributed by atoms with van der Waals surface area (Å²) < 4.78 is 2.32. The first kappa shape index (κ1) is 15.7. The molecule has 6 nitrogen and oxygen atoms in total. The lowest BCUT2D eigenvalue weighted by molar-refractivity contribution is 0.669. The van der Waals surface area contributed by atoms with Crippen LogP contribution in [0, 0.1) is 11.3 Å². The molecule has 114 valence electrons. The number of nitriles is 1. The lowest BCUT2D eigenvalue weighted by Crippen LogP contribution is -2.41. The summed E-state index contributed by atoms with van der Waals surface area (Å²) >= 11 is 1.88. The van der Waals surface area contributed by atoms with Gasteiger partial charge in [-0.25, -0.2) is 4.79 Å². The molecule has 1 aliphatic carbocycles. The van der Waals surface area contributed by atoms with Crippen molar-refractivity contribution in [1.82, 2.24) is 9.13 Å². The van der Waals surface area contributed by atoms with Gasteiger partial charge >= 0.3 is 5.69 Å². The van der Waals surface area contributed by atoms with Gasteiger partial charge in [-0.05, 0) is 18.6 Å². The van der Waals surface area contributed by atoms with Crippen LogP contribution in [0.4, 0.5) is 5.82 Å². The minimum absolute atomic E-state index is 0.00625. The highest BCUT2D eigenvalue weighted by atomic mass is 32.2. The second kappa shape index (κ2) is 6.39. The molecular weight excluding hydrogens is 288 g/mol. The first-order valence-electron chi connectivity index (χ1n) is 7.09. The number of nitrogens with zero attached hydrogens (tertiary/aromatic N) is 3. The van der Waals surface area contributed by atoms with E-state index in [-0.39, 0.29) is 11.6 Å². The van der Waals surface area contributed by atoms with Gasteiger partial charge in [0, 0.05) is 25.4 Å². The lowest BCUT2D eigenvalue weighted by Gasteiger charge is -2.23. The Hall–Kier alpha value is -1.68. The van der Waals surface area contributed by atoms with Gasteiger partial charge in [-0.1, -0.05) is 13.3 Å². The molecule has 0 aliphatic heterocycles. The molecule has 1 heterocycles. The van der Waals surface area contributed by atoms with Gasteiger partial charge in [0.1, 0.15) is 11.9 Å². The van der Waals surface area contributed by atoms with Gasteiger partial charge in [-0.2, -0.15) is 17.0 Å². The van der Waals surface area contributed by atoms with Crippen molar-refractivity contribution in [2.45, 2.75) is 37.5 Å². The van der Waals surface area contributed by atoms with Gasteiger partial charge < -0.3 is 5.32 Å². The van der Waals surface area contributed by atoms with Crippen LogP contribution >= 0.6 is 11.8 Å². The van der Waals surface area contributed by atoms with E-state index in [0.29, 0.717) is 11.1 Å². The highest BCUT2D eigenvalue weighted by molar-refractivity contribution is 7.99. The minimum Gasteiger partial charge on any atom is -0.366 e. The van der Waals surface area contributed by atoms with Crippen LogP contribution < -0.4 is 16.6 Å². The second-order valence-corrected chi connectivity index (χ2v) is 6.73. The maximum atomic E-state index is 12.1. The predicted molar refractivity (Wildman–Crippen MR) is 84.8 cm³/mol. The average Bonchev–Trinajstić information content (AvgIpc) is 2.90. The topological polar surface area (TPSA) is 79.8 Å². The summed E-state index contributed by atoms with van der Waals surface area (Å²) in [7, 11) is 2.97. The second-order valence-electron chi connectivity index (χ2n) is 5.22. The Morgan fingerprint density at radius 3 is 2.67 bits per heavy atom. The average molecular weight is 308 g/mol. The van der Waals surface area contributed by atoms with Gasteiger partial charge in [-0.3, -0.25) is 13.9 Å². The van der Waals surface area contributed by atoms with Crippen LogP contribution in [0.25, 0.3) is 0 Å². The van der Waals surface area contributed by atoms with E-state index >= 15 is 0 Å². The Morgan fingerprint density at radius 2 is 2.05 bits per heavy atom. The molecule has 1 N–H and O–H groups in total.